The van der Waals surface area contributed by atoms with Crippen molar-refractivity contribution in [3.8, 4) is 22.5 Å². The van der Waals surface area contributed by atoms with Gasteiger partial charge in [0.25, 0.3) is 0 Å². The molecule has 0 amide bonds. The predicted octanol–water partition coefficient (Wildman–Crippen LogP) is 4.89. The van der Waals surface area contributed by atoms with Gasteiger partial charge in [0.1, 0.15) is 0 Å². The summed E-state index contributed by atoms with van der Waals surface area (Å²) in [4.78, 5) is 18.2. The number of unbranched alkanes of at least 4 members (excludes halogenated alkanes) is 1. The second-order valence-electron chi connectivity index (χ2n) is 9.99. The first-order chi connectivity index (χ1) is 17.0. The number of aromatic nitrogens is 7. The van der Waals surface area contributed by atoms with E-state index < -0.39 is 0 Å². The van der Waals surface area contributed by atoms with Crippen molar-refractivity contribution in [2.75, 3.05) is 0 Å². The first kappa shape index (κ1) is 23.2. The van der Waals surface area contributed by atoms with E-state index in [0.29, 0.717) is 24.2 Å². The monoisotopic (exact) mass is 471 g/mol. The number of hydrogen-bond acceptors (Lipinski definition) is 5. The van der Waals surface area contributed by atoms with Crippen LogP contribution in [0.25, 0.3) is 22.5 Å². The van der Waals surface area contributed by atoms with Gasteiger partial charge in [-0.05, 0) is 77.3 Å². The van der Waals surface area contributed by atoms with Crippen LogP contribution in [0.1, 0.15) is 63.9 Å². The van der Waals surface area contributed by atoms with E-state index in [4.69, 9.17) is 0 Å². The van der Waals surface area contributed by atoms with Crippen LogP contribution in [0.2, 0.25) is 0 Å². The molecule has 3 atom stereocenters. The average Bonchev–Trinajstić information content (AvgIpc) is 3.59. The van der Waals surface area contributed by atoms with Crippen molar-refractivity contribution < 1.29 is 0 Å². The maximum atomic E-state index is 13.6. The molecule has 8 nitrogen and oxygen atoms in total. The molecular formula is C27H33N7O. The molecule has 0 aliphatic heterocycles. The van der Waals surface area contributed by atoms with E-state index in [2.05, 4.69) is 70.8 Å². The van der Waals surface area contributed by atoms with Crippen LogP contribution in [0.3, 0.4) is 0 Å². The number of nitrogens with zero attached hydrogens (tertiary/aromatic N) is 6. The van der Waals surface area contributed by atoms with Crippen LogP contribution < -0.4 is 5.69 Å². The van der Waals surface area contributed by atoms with Crippen molar-refractivity contribution in [1.29, 1.82) is 0 Å². The summed E-state index contributed by atoms with van der Waals surface area (Å²) >= 11 is 0. The van der Waals surface area contributed by atoms with Crippen molar-refractivity contribution in [3.63, 3.8) is 0 Å². The van der Waals surface area contributed by atoms with Crippen molar-refractivity contribution in [2.24, 2.45) is 11.8 Å². The quantitative estimate of drug-likeness (QED) is 0.395. The number of imidazole rings is 1. The zero-order chi connectivity index (χ0) is 24.4. The molecule has 3 aromatic heterocycles. The number of tetrazole rings is 1. The van der Waals surface area contributed by atoms with Gasteiger partial charge in [0.15, 0.2) is 5.82 Å². The fourth-order valence-corrected chi connectivity index (χ4v) is 5.47. The molecule has 0 radical (unpaired) electrons. The first-order valence-corrected chi connectivity index (χ1v) is 12.6. The Balaban J connectivity index is 1.46. The highest BCUT2D eigenvalue weighted by Crippen LogP contribution is 2.38. The van der Waals surface area contributed by atoms with E-state index in [0.717, 1.165) is 53.8 Å². The molecule has 1 aromatic carbocycles. The topological polar surface area (TPSA) is 94.3 Å². The number of benzene rings is 1. The number of hydrogen-bond donors (Lipinski definition) is 1. The third-order valence-electron chi connectivity index (χ3n) is 7.26. The van der Waals surface area contributed by atoms with Crippen LogP contribution >= 0.6 is 0 Å². The summed E-state index contributed by atoms with van der Waals surface area (Å²) in [7, 11) is 0. The molecule has 0 saturated heterocycles. The van der Waals surface area contributed by atoms with Gasteiger partial charge in [0.2, 0.25) is 0 Å². The highest BCUT2D eigenvalue weighted by Gasteiger charge is 2.32. The molecule has 3 unspecified atom stereocenters. The predicted molar refractivity (Wildman–Crippen MR) is 136 cm³/mol. The van der Waals surface area contributed by atoms with E-state index in [-0.39, 0.29) is 11.7 Å². The van der Waals surface area contributed by atoms with Crippen LogP contribution in [0, 0.1) is 11.8 Å². The lowest BCUT2D eigenvalue weighted by molar-refractivity contribution is 0.393. The average molecular weight is 472 g/mol. The molecule has 182 valence electrons. The zero-order valence-electron chi connectivity index (χ0n) is 20.7. The Hall–Kier alpha value is -3.55. The molecule has 3 heterocycles. The van der Waals surface area contributed by atoms with Gasteiger partial charge < -0.3 is 0 Å². The third kappa shape index (κ3) is 4.83. The summed E-state index contributed by atoms with van der Waals surface area (Å²) in [5, 5.41) is 14.2. The van der Waals surface area contributed by atoms with E-state index in [9.17, 15) is 4.79 Å². The smallest absolute Gasteiger partial charge is 0.296 e. The maximum Gasteiger partial charge on any atom is 0.328 e. The van der Waals surface area contributed by atoms with Crippen molar-refractivity contribution >= 4 is 0 Å². The van der Waals surface area contributed by atoms with Crippen LogP contribution in [-0.4, -0.2) is 34.7 Å². The van der Waals surface area contributed by atoms with Crippen LogP contribution in [0.5, 0.6) is 0 Å². The minimum atomic E-state index is 0.0917. The molecule has 1 N–H and O–H groups in total. The van der Waals surface area contributed by atoms with Gasteiger partial charge in [-0.2, -0.15) is 0 Å². The molecule has 5 rings (SSSR count). The number of nitrogens with one attached hydrogen (secondary N) is 1. The molecule has 1 saturated carbocycles. The largest absolute Gasteiger partial charge is 0.328 e. The molecule has 4 aromatic rings. The Morgan fingerprint density at radius 3 is 2.66 bits per heavy atom. The lowest BCUT2D eigenvalue weighted by atomic mass is 10.0. The van der Waals surface area contributed by atoms with E-state index >= 15 is 0 Å². The Bertz CT molecular complexity index is 1340. The van der Waals surface area contributed by atoms with Crippen molar-refractivity contribution in [2.45, 2.75) is 65.5 Å². The molecule has 0 bridgehead atoms. The zero-order valence-corrected chi connectivity index (χ0v) is 20.7. The molecule has 0 spiro atoms. The third-order valence-corrected chi connectivity index (χ3v) is 7.26. The van der Waals surface area contributed by atoms with Gasteiger partial charge in [-0.25, -0.2) is 9.89 Å². The SMILES string of the molecule is CCCCc1cn(C2CC(C)CC2C)c(=O)n1Cc1cc(-c2cccc(-c3nnn[nH]3)c2)ccn1. The summed E-state index contributed by atoms with van der Waals surface area (Å²) in [5.74, 6) is 1.81. The van der Waals surface area contributed by atoms with E-state index in [1.54, 1.807) is 0 Å². The van der Waals surface area contributed by atoms with Crippen LogP contribution in [0.15, 0.2) is 53.6 Å². The van der Waals surface area contributed by atoms with Crippen molar-refractivity contribution in [3.05, 3.63) is 70.7 Å². The lowest BCUT2D eigenvalue weighted by Gasteiger charge is -2.15. The highest BCUT2D eigenvalue weighted by molar-refractivity contribution is 5.70. The summed E-state index contributed by atoms with van der Waals surface area (Å²) in [5.41, 5.74) is 5.09. The Morgan fingerprint density at radius 2 is 1.91 bits per heavy atom. The molecule has 8 heteroatoms. The van der Waals surface area contributed by atoms with Gasteiger partial charge in [-0.15, -0.1) is 5.10 Å². The standard InChI is InChI=1S/C27H33N7O/c1-4-5-9-24-17-34(25-13-18(2)12-19(25)3)27(35)33(24)16-23-15-21(10-11-28-23)20-7-6-8-22(14-20)26-29-31-32-30-26/h6-8,10-11,14-15,17-19,25H,4-5,9,12-13,16H2,1-3H3,(H,29,30,31,32). The van der Waals surface area contributed by atoms with Gasteiger partial charge in [-0.3, -0.25) is 14.1 Å². The van der Waals surface area contributed by atoms with Gasteiger partial charge in [0, 0.05) is 29.7 Å². The summed E-state index contributed by atoms with van der Waals surface area (Å²) in [6, 6.07) is 12.4. The second-order valence-corrected chi connectivity index (χ2v) is 9.99. The Kier molecular flexibility index (Phi) is 6.61. The van der Waals surface area contributed by atoms with Crippen LogP contribution in [0.4, 0.5) is 0 Å². The van der Waals surface area contributed by atoms with Gasteiger partial charge >= 0.3 is 5.69 Å². The summed E-state index contributed by atoms with van der Waals surface area (Å²) in [6.07, 6.45) is 9.26. The minimum Gasteiger partial charge on any atom is -0.296 e. The summed E-state index contributed by atoms with van der Waals surface area (Å²) < 4.78 is 3.95. The van der Waals surface area contributed by atoms with E-state index in [1.165, 1.54) is 6.42 Å². The second kappa shape index (κ2) is 9.98. The van der Waals surface area contributed by atoms with Crippen LogP contribution in [-0.2, 0) is 13.0 Å². The fourth-order valence-electron chi connectivity index (χ4n) is 5.47. The molecule has 1 aliphatic carbocycles. The van der Waals surface area contributed by atoms with Gasteiger partial charge in [-0.1, -0.05) is 45.4 Å². The fraction of sp³-hybridized carbons (Fsp3) is 0.444. The minimum absolute atomic E-state index is 0.0917. The first-order valence-electron chi connectivity index (χ1n) is 12.6. The highest BCUT2D eigenvalue weighted by atomic mass is 16.1. The number of aromatic amines is 1. The van der Waals surface area contributed by atoms with E-state index in [1.807, 2.05) is 33.5 Å². The number of aryl methyl sites for hydroxylation is 1. The number of pyridine rings is 1. The van der Waals surface area contributed by atoms with Crippen molar-refractivity contribution in [1.82, 2.24) is 34.7 Å². The molecule has 1 fully saturated rings. The normalized spacial score (nSPS) is 19.9. The summed E-state index contributed by atoms with van der Waals surface area (Å²) in [6.45, 7) is 7.23. The Labute approximate surface area is 205 Å². The maximum absolute atomic E-state index is 13.6. The lowest BCUT2D eigenvalue weighted by Crippen LogP contribution is -2.29. The number of rotatable bonds is 8. The molecule has 1 aliphatic rings. The molecule has 35 heavy (non-hydrogen) atoms. The van der Waals surface area contributed by atoms with Gasteiger partial charge in [0.05, 0.1) is 12.2 Å². The number of H-pyrrole nitrogens is 1. The Morgan fingerprint density at radius 1 is 1.09 bits per heavy atom. The molecular weight excluding hydrogens is 438 g/mol.